The molecular weight excluding hydrogens is 228 g/mol. The van der Waals surface area contributed by atoms with Crippen LogP contribution in [0.25, 0.3) is 0 Å². The molecule has 1 spiro atoms. The molecule has 1 saturated carbocycles. The van der Waals surface area contributed by atoms with Gasteiger partial charge in [0.15, 0.2) is 0 Å². The lowest BCUT2D eigenvalue weighted by atomic mass is 9.67. The fraction of sp³-hybridized carbons (Fsp3) is 0.667. The van der Waals surface area contributed by atoms with E-state index < -0.39 is 11.5 Å². The molecule has 2 fully saturated rings. The van der Waals surface area contributed by atoms with Gasteiger partial charge in [0.1, 0.15) is 12.0 Å². The van der Waals surface area contributed by atoms with Crippen LogP contribution in [-0.2, 0) is 9.53 Å². The van der Waals surface area contributed by atoms with Crippen molar-refractivity contribution >= 4 is 5.97 Å². The Hall–Kier alpha value is -1.09. The maximum absolute atomic E-state index is 12.1. The zero-order valence-electron chi connectivity index (χ0n) is 11.0. The van der Waals surface area contributed by atoms with Gasteiger partial charge in [0.2, 0.25) is 0 Å². The van der Waals surface area contributed by atoms with Gasteiger partial charge >= 0.3 is 5.97 Å². The number of hydrogen-bond donors (Lipinski definition) is 1. The van der Waals surface area contributed by atoms with Gasteiger partial charge < -0.3 is 9.84 Å². The minimum Gasteiger partial charge on any atom is -0.460 e. The molecule has 3 heteroatoms. The quantitative estimate of drug-likeness (QED) is 0.528. The summed E-state index contributed by atoms with van der Waals surface area (Å²) in [6.07, 6.45) is 4.13. The van der Waals surface area contributed by atoms with Crippen molar-refractivity contribution in [3.05, 3.63) is 23.8 Å². The first kappa shape index (κ1) is 12.0. The number of allylic oxidation sites excluding steroid dienone is 1. The van der Waals surface area contributed by atoms with Crippen LogP contribution in [0.3, 0.4) is 0 Å². The van der Waals surface area contributed by atoms with Gasteiger partial charge in [-0.05, 0) is 41.7 Å². The topological polar surface area (TPSA) is 46.5 Å². The van der Waals surface area contributed by atoms with Gasteiger partial charge in [-0.1, -0.05) is 26.5 Å². The molecule has 0 bridgehead atoms. The van der Waals surface area contributed by atoms with Crippen molar-refractivity contribution < 1.29 is 14.6 Å². The molecule has 0 aromatic rings. The number of ether oxygens (including phenoxy) is 1. The lowest BCUT2D eigenvalue weighted by Gasteiger charge is -2.37. The summed E-state index contributed by atoms with van der Waals surface area (Å²) in [6.45, 7) is 8.61. The minimum absolute atomic E-state index is 0.0933. The predicted octanol–water partition coefficient (Wildman–Crippen LogP) is 2.21. The summed E-state index contributed by atoms with van der Waals surface area (Å²) in [5, 5.41) is 10.7. The molecule has 1 saturated heterocycles. The van der Waals surface area contributed by atoms with Crippen LogP contribution in [0.4, 0.5) is 0 Å². The predicted molar refractivity (Wildman–Crippen MR) is 67.7 cm³/mol. The van der Waals surface area contributed by atoms with E-state index in [1.807, 2.05) is 0 Å². The van der Waals surface area contributed by atoms with Gasteiger partial charge in [-0.3, -0.25) is 4.79 Å². The van der Waals surface area contributed by atoms with Crippen molar-refractivity contribution in [2.45, 2.75) is 39.2 Å². The van der Waals surface area contributed by atoms with Crippen LogP contribution in [0.2, 0.25) is 0 Å². The van der Waals surface area contributed by atoms with E-state index >= 15 is 0 Å². The molecule has 2 aliphatic carbocycles. The molecule has 1 aliphatic heterocycles. The molecular formula is C15H20O3. The summed E-state index contributed by atoms with van der Waals surface area (Å²) in [5.74, 6) is 0.191. The van der Waals surface area contributed by atoms with E-state index in [4.69, 9.17) is 4.74 Å². The van der Waals surface area contributed by atoms with Crippen LogP contribution in [0.1, 0.15) is 33.1 Å². The maximum Gasteiger partial charge on any atom is 0.319 e. The first-order valence-electron chi connectivity index (χ1n) is 6.67. The van der Waals surface area contributed by atoms with Gasteiger partial charge in [0.25, 0.3) is 0 Å². The number of fused-ring (bicyclic) bond motifs is 1. The number of carbonyl (C=O) groups is 1. The molecule has 98 valence electrons. The summed E-state index contributed by atoms with van der Waals surface area (Å²) in [6, 6.07) is 0. The summed E-state index contributed by atoms with van der Waals surface area (Å²) in [7, 11) is 0. The van der Waals surface area contributed by atoms with Gasteiger partial charge in [-0.2, -0.15) is 0 Å². The standard InChI is InChI=1S/C15H20O3/c1-9-5-4-6-11-12(16)15(8-14(9,11)3)10(2)7-18-13(15)17/h6,9,12,16H,2,4-5,7-8H2,1,3H3/t9-,12-,14+,15-/m0/s1. The molecule has 1 N–H and O–H groups in total. The van der Waals surface area contributed by atoms with Crippen molar-refractivity contribution in [3.8, 4) is 0 Å². The minimum atomic E-state index is -0.876. The van der Waals surface area contributed by atoms with Gasteiger partial charge in [0.05, 0.1) is 6.10 Å². The number of carbonyl (C=O) groups excluding carboxylic acids is 1. The van der Waals surface area contributed by atoms with Crippen LogP contribution in [-0.4, -0.2) is 23.8 Å². The van der Waals surface area contributed by atoms with Gasteiger partial charge in [-0.25, -0.2) is 0 Å². The van der Waals surface area contributed by atoms with Gasteiger partial charge in [-0.15, -0.1) is 0 Å². The first-order valence-corrected chi connectivity index (χ1v) is 6.67. The molecule has 3 nitrogen and oxygen atoms in total. The number of esters is 1. The molecule has 3 rings (SSSR count). The Kier molecular flexibility index (Phi) is 2.31. The SMILES string of the molecule is C=C1COC(=O)[C@@]12C[C@@]1(C)C(=CCC[C@@H]1C)[C@@H]2O. The second-order valence-corrected chi connectivity index (χ2v) is 6.29. The molecule has 4 atom stereocenters. The molecule has 3 aliphatic rings. The third kappa shape index (κ3) is 1.16. The zero-order chi connectivity index (χ0) is 13.1. The number of cyclic esters (lactones) is 1. The molecule has 18 heavy (non-hydrogen) atoms. The van der Waals surface area contributed by atoms with Crippen molar-refractivity contribution in [1.82, 2.24) is 0 Å². The van der Waals surface area contributed by atoms with Crippen LogP contribution >= 0.6 is 0 Å². The van der Waals surface area contributed by atoms with Crippen LogP contribution in [0, 0.1) is 16.7 Å². The molecule has 0 aromatic carbocycles. The monoisotopic (exact) mass is 248 g/mol. The molecule has 0 radical (unpaired) electrons. The highest BCUT2D eigenvalue weighted by atomic mass is 16.5. The fourth-order valence-electron chi connectivity index (χ4n) is 4.02. The Morgan fingerprint density at radius 2 is 2.28 bits per heavy atom. The largest absolute Gasteiger partial charge is 0.460 e. The van der Waals surface area contributed by atoms with E-state index in [0.717, 1.165) is 24.0 Å². The number of aliphatic hydroxyl groups is 1. The second-order valence-electron chi connectivity index (χ2n) is 6.29. The number of hydrogen-bond acceptors (Lipinski definition) is 3. The van der Waals surface area contributed by atoms with Crippen molar-refractivity contribution in [2.24, 2.45) is 16.7 Å². The maximum atomic E-state index is 12.1. The lowest BCUT2D eigenvalue weighted by Crippen LogP contribution is -2.36. The van der Waals surface area contributed by atoms with Crippen molar-refractivity contribution in [3.63, 3.8) is 0 Å². The Morgan fingerprint density at radius 3 is 2.83 bits per heavy atom. The Bertz CT molecular complexity index is 446. The summed E-state index contributed by atoms with van der Waals surface area (Å²) < 4.78 is 5.13. The molecule has 1 heterocycles. The van der Waals surface area contributed by atoms with E-state index in [1.165, 1.54) is 0 Å². The first-order chi connectivity index (χ1) is 8.43. The lowest BCUT2D eigenvalue weighted by molar-refractivity contribution is -0.149. The van der Waals surface area contributed by atoms with E-state index in [-0.39, 0.29) is 18.0 Å². The molecule has 0 amide bonds. The smallest absolute Gasteiger partial charge is 0.319 e. The van der Waals surface area contributed by atoms with Gasteiger partial charge in [0, 0.05) is 0 Å². The van der Waals surface area contributed by atoms with Crippen LogP contribution in [0.5, 0.6) is 0 Å². The van der Waals surface area contributed by atoms with E-state index in [9.17, 15) is 9.90 Å². The summed E-state index contributed by atoms with van der Waals surface area (Å²) >= 11 is 0. The van der Waals surface area contributed by atoms with Crippen molar-refractivity contribution in [1.29, 1.82) is 0 Å². The fourth-order valence-corrected chi connectivity index (χ4v) is 4.02. The van der Waals surface area contributed by atoms with E-state index in [2.05, 4.69) is 26.5 Å². The molecule has 0 unspecified atom stereocenters. The molecule has 0 aromatic heterocycles. The van der Waals surface area contributed by atoms with Crippen LogP contribution in [0.15, 0.2) is 23.8 Å². The van der Waals surface area contributed by atoms with Crippen molar-refractivity contribution in [2.75, 3.05) is 6.61 Å². The summed E-state index contributed by atoms with van der Waals surface area (Å²) in [5.41, 5.74) is 0.799. The van der Waals surface area contributed by atoms with E-state index in [1.54, 1.807) is 0 Å². The summed E-state index contributed by atoms with van der Waals surface area (Å²) in [4.78, 5) is 12.1. The third-order valence-corrected chi connectivity index (χ3v) is 5.49. The highest BCUT2D eigenvalue weighted by Crippen LogP contribution is 2.63. The Balaban J connectivity index is 2.13. The zero-order valence-corrected chi connectivity index (χ0v) is 11.0. The van der Waals surface area contributed by atoms with E-state index in [0.29, 0.717) is 12.3 Å². The number of rotatable bonds is 0. The van der Waals surface area contributed by atoms with Crippen LogP contribution < -0.4 is 0 Å². The number of aliphatic hydroxyl groups excluding tert-OH is 1. The average molecular weight is 248 g/mol. The third-order valence-electron chi connectivity index (χ3n) is 5.49. The highest BCUT2D eigenvalue weighted by Gasteiger charge is 2.65. The Labute approximate surface area is 108 Å². The normalized spacial score (nSPS) is 47.2. The highest BCUT2D eigenvalue weighted by molar-refractivity contribution is 5.86. The average Bonchev–Trinajstić information content (AvgIpc) is 2.74. The Morgan fingerprint density at radius 1 is 1.56 bits per heavy atom. The second kappa shape index (κ2) is 3.47.